The molecule has 1 aliphatic carbocycles. The van der Waals surface area contributed by atoms with E-state index in [1.54, 1.807) is 0 Å². The largest absolute Gasteiger partial charge is 0.481 e. The quantitative estimate of drug-likeness (QED) is 0.269. The zero-order valence-corrected chi connectivity index (χ0v) is 22.4. The van der Waals surface area contributed by atoms with Crippen molar-refractivity contribution in [2.45, 2.75) is 24.7 Å². The lowest BCUT2D eigenvalue weighted by Gasteiger charge is -2.35. The van der Waals surface area contributed by atoms with Crippen molar-refractivity contribution in [3.8, 4) is 11.8 Å². The summed E-state index contributed by atoms with van der Waals surface area (Å²) in [7, 11) is 0. The number of nitriles is 1. The lowest BCUT2D eigenvalue weighted by molar-refractivity contribution is -0.123. The Kier molecular flexibility index (Phi) is 12.3. The van der Waals surface area contributed by atoms with Crippen molar-refractivity contribution in [2.24, 2.45) is 5.73 Å². The van der Waals surface area contributed by atoms with Crippen LogP contribution < -0.4 is 26.4 Å². The highest BCUT2D eigenvalue weighted by molar-refractivity contribution is 9.10. The predicted molar refractivity (Wildman–Crippen MR) is 136 cm³/mol. The van der Waals surface area contributed by atoms with Gasteiger partial charge in [-0.2, -0.15) is 5.26 Å². The number of carbonyl (C=O) groups excluding carboxylic acids is 4. The highest BCUT2D eigenvalue weighted by Crippen LogP contribution is 2.32. The van der Waals surface area contributed by atoms with Crippen LogP contribution in [0.3, 0.4) is 0 Å². The van der Waals surface area contributed by atoms with Crippen LogP contribution in [0, 0.1) is 11.3 Å². The Morgan fingerprint density at radius 3 is 2.30 bits per heavy atom. The van der Waals surface area contributed by atoms with Gasteiger partial charge in [0.15, 0.2) is 12.2 Å². The van der Waals surface area contributed by atoms with Crippen molar-refractivity contribution < 1.29 is 33.4 Å². The van der Waals surface area contributed by atoms with Crippen molar-refractivity contribution in [1.29, 1.82) is 5.26 Å². The lowest BCUT2D eigenvalue weighted by Crippen LogP contribution is -2.51. The lowest BCUT2D eigenvalue weighted by atomic mass is 9.91. The third-order valence-corrected chi connectivity index (χ3v) is 5.74. The molecule has 0 radical (unpaired) electrons. The summed E-state index contributed by atoms with van der Waals surface area (Å²) in [4.78, 5) is 48.6. The van der Waals surface area contributed by atoms with E-state index in [0.717, 1.165) is 0 Å². The fraction of sp³-hybridized carbons (Fsp3) is 0.409. The number of hydrogen-bond donors (Lipinski definition) is 4. The smallest absolute Gasteiger partial charge is 0.407 e. The van der Waals surface area contributed by atoms with Gasteiger partial charge >= 0.3 is 12.2 Å². The maximum Gasteiger partial charge on any atom is 0.407 e. The van der Waals surface area contributed by atoms with Gasteiger partial charge in [-0.1, -0.05) is 0 Å². The molecule has 0 aliphatic heterocycles. The molecule has 3 atom stereocenters. The molecule has 0 saturated heterocycles. The Morgan fingerprint density at radius 2 is 1.73 bits per heavy atom. The molecule has 0 heterocycles. The van der Waals surface area contributed by atoms with Gasteiger partial charge in [0.2, 0.25) is 11.8 Å². The summed E-state index contributed by atoms with van der Waals surface area (Å²) in [5.41, 5.74) is 5.56. The van der Waals surface area contributed by atoms with Gasteiger partial charge < -0.3 is 35.9 Å². The van der Waals surface area contributed by atoms with E-state index in [-0.39, 0.29) is 42.6 Å². The third-order valence-electron chi connectivity index (χ3n) is 4.74. The first-order valence-electron chi connectivity index (χ1n) is 10.8. The monoisotopic (exact) mass is 619 g/mol. The van der Waals surface area contributed by atoms with Crippen LogP contribution >= 0.6 is 39.1 Å². The molecule has 0 aromatic heterocycles. The van der Waals surface area contributed by atoms with Crippen LogP contribution in [-0.4, -0.2) is 73.7 Å². The van der Waals surface area contributed by atoms with Gasteiger partial charge in [0.25, 0.3) is 0 Å². The van der Waals surface area contributed by atoms with Crippen molar-refractivity contribution in [1.82, 2.24) is 16.0 Å². The first-order chi connectivity index (χ1) is 17.7. The molecular formula is C22H24BrCl2N5O7. The summed E-state index contributed by atoms with van der Waals surface area (Å²) < 4.78 is 17.4. The molecule has 4 amide bonds. The Balaban J connectivity index is 2.44. The number of hydrogen-bond acceptors (Lipinski definition) is 8. The summed E-state index contributed by atoms with van der Waals surface area (Å²) >= 11 is 14.5. The highest BCUT2D eigenvalue weighted by atomic mass is 79.9. The molecule has 12 nitrogen and oxygen atoms in total. The number of carbonyl (C=O) groups is 4. The second kappa shape index (κ2) is 15.1. The normalized spacial score (nSPS) is 18.4. The van der Waals surface area contributed by atoms with E-state index >= 15 is 0 Å². The molecule has 0 saturated carbocycles. The Labute approximate surface area is 230 Å². The minimum atomic E-state index is -1.22. The highest BCUT2D eigenvalue weighted by Gasteiger charge is 2.42. The topological polar surface area (TPSA) is 182 Å². The molecule has 0 fully saturated rings. The van der Waals surface area contributed by atoms with Crippen molar-refractivity contribution in [3.05, 3.63) is 39.9 Å². The second-order valence-corrected chi connectivity index (χ2v) is 9.04. The van der Waals surface area contributed by atoms with Gasteiger partial charge in [0.1, 0.15) is 11.9 Å². The Bertz CT molecular complexity index is 1080. The van der Waals surface area contributed by atoms with E-state index in [9.17, 15) is 19.2 Å². The average Bonchev–Trinajstić information content (AvgIpc) is 2.87. The number of halogens is 3. The first kappa shape index (κ1) is 30.0. The molecule has 0 unspecified atom stereocenters. The number of amides is 4. The minimum Gasteiger partial charge on any atom is -0.481 e. The summed E-state index contributed by atoms with van der Waals surface area (Å²) in [5.74, 6) is -0.919. The fourth-order valence-electron chi connectivity index (χ4n) is 3.16. The van der Waals surface area contributed by atoms with Gasteiger partial charge in [-0.25, -0.2) is 9.59 Å². The molecular weight excluding hydrogens is 597 g/mol. The van der Waals surface area contributed by atoms with Crippen LogP contribution in [0.15, 0.2) is 34.3 Å². The average molecular weight is 621 g/mol. The van der Waals surface area contributed by atoms with E-state index in [1.165, 1.54) is 24.3 Å². The summed E-state index contributed by atoms with van der Waals surface area (Å²) in [6.07, 6.45) is -4.05. The third kappa shape index (κ3) is 9.64. The van der Waals surface area contributed by atoms with Crippen LogP contribution in [0.1, 0.15) is 12.0 Å². The van der Waals surface area contributed by atoms with Gasteiger partial charge in [0, 0.05) is 36.8 Å². The Hall–Kier alpha value is -3.21. The summed E-state index contributed by atoms with van der Waals surface area (Å²) in [6.45, 7) is -0.210. The maximum absolute atomic E-state index is 12.7. The number of nitrogens with two attached hydrogens (primary N) is 1. The molecule has 200 valence electrons. The van der Waals surface area contributed by atoms with Crippen LogP contribution in [-0.2, 0) is 19.1 Å². The SMILES string of the molecule is N#Cc1ccc(O[C@@H]2C=C(C(=O)NCC(N)=O)C[C@@H](OC(=O)NCCCl)[C@H]2OC(=O)NCCCl)c(Br)c1. The molecule has 15 heteroatoms. The second-order valence-electron chi connectivity index (χ2n) is 7.43. The number of nitrogens with one attached hydrogen (secondary N) is 3. The molecule has 0 bridgehead atoms. The molecule has 5 N–H and O–H groups in total. The van der Waals surface area contributed by atoms with Crippen LogP contribution in [0.5, 0.6) is 5.75 Å². The molecule has 1 aliphatic rings. The Morgan fingerprint density at radius 1 is 1.08 bits per heavy atom. The predicted octanol–water partition coefficient (Wildman–Crippen LogP) is 1.67. The van der Waals surface area contributed by atoms with Gasteiger partial charge in [-0.15, -0.1) is 23.2 Å². The first-order valence-corrected chi connectivity index (χ1v) is 12.7. The van der Waals surface area contributed by atoms with Gasteiger partial charge in [0.05, 0.1) is 22.7 Å². The summed E-state index contributed by atoms with van der Waals surface area (Å²) in [5, 5.41) is 16.4. The van der Waals surface area contributed by atoms with E-state index < -0.39 is 48.9 Å². The number of ether oxygens (including phenoxy) is 3. The molecule has 2 rings (SSSR count). The number of nitrogens with zero attached hydrogens (tertiary/aromatic N) is 1. The number of primary amides is 1. The number of alkyl carbamates (subject to hydrolysis) is 2. The zero-order valence-electron chi connectivity index (χ0n) is 19.3. The molecule has 37 heavy (non-hydrogen) atoms. The van der Waals surface area contributed by atoms with E-state index in [2.05, 4.69) is 31.9 Å². The molecule has 0 spiro atoms. The fourth-order valence-corrected chi connectivity index (χ4v) is 3.82. The zero-order chi connectivity index (χ0) is 27.4. The van der Waals surface area contributed by atoms with E-state index in [1.807, 2.05) is 6.07 Å². The van der Waals surface area contributed by atoms with E-state index in [4.69, 9.17) is 48.4 Å². The number of rotatable bonds is 11. The van der Waals surface area contributed by atoms with Crippen LogP contribution in [0.4, 0.5) is 9.59 Å². The number of alkyl halides is 2. The van der Waals surface area contributed by atoms with Crippen LogP contribution in [0.25, 0.3) is 0 Å². The standard InChI is InChI=1S/C22H24BrCl2N5O7/c23-14-7-12(10-26)1-2-15(14)35-16-8-13(20(32)30-11-18(27)31)9-17(36-21(33)28-5-3-24)19(16)37-22(34)29-6-4-25/h1-2,7-8,16-17,19H,3-6,9,11H2,(H2,27,31)(H,28,33)(H,29,34)(H,30,32)/t16-,17-,19+/m1/s1. The minimum absolute atomic E-state index is 0.0900. The summed E-state index contributed by atoms with van der Waals surface area (Å²) in [6, 6.07) is 6.52. The van der Waals surface area contributed by atoms with Crippen LogP contribution in [0.2, 0.25) is 0 Å². The molecule has 1 aromatic rings. The van der Waals surface area contributed by atoms with Crippen molar-refractivity contribution in [3.63, 3.8) is 0 Å². The maximum atomic E-state index is 12.7. The van der Waals surface area contributed by atoms with Crippen molar-refractivity contribution in [2.75, 3.05) is 31.4 Å². The van der Waals surface area contributed by atoms with E-state index in [0.29, 0.717) is 10.0 Å². The van der Waals surface area contributed by atoms with Gasteiger partial charge in [-0.05, 0) is 40.2 Å². The van der Waals surface area contributed by atoms with Crippen molar-refractivity contribution >= 4 is 63.1 Å². The molecule has 1 aromatic carbocycles. The van der Waals surface area contributed by atoms with Gasteiger partial charge in [-0.3, -0.25) is 9.59 Å². The number of benzene rings is 1.